The Bertz CT molecular complexity index is 965. The zero-order valence-electron chi connectivity index (χ0n) is 20.3. The molecule has 4 heteroatoms. The number of allylic oxidation sites excluding steroid dienone is 2. The van der Waals surface area contributed by atoms with Crippen molar-refractivity contribution in [1.29, 1.82) is 0 Å². The van der Waals surface area contributed by atoms with Gasteiger partial charge in [-0.05, 0) is 89.0 Å². The van der Waals surface area contributed by atoms with Gasteiger partial charge in [-0.25, -0.2) is 4.68 Å². The predicted octanol–water partition coefficient (Wildman–Crippen LogP) is 6.93. The molecule has 0 spiro atoms. The van der Waals surface area contributed by atoms with Crippen LogP contribution >= 0.6 is 0 Å². The first-order valence-electron chi connectivity index (χ1n) is 11.6. The van der Waals surface area contributed by atoms with Gasteiger partial charge < -0.3 is 9.47 Å². The third-order valence-corrected chi connectivity index (χ3v) is 6.79. The number of hydrogen-bond donors (Lipinski definition) is 0. The van der Waals surface area contributed by atoms with Crippen molar-refractivity contribution in [3.05, 3.63) is 47.8 Å². The van der Waals surface area contributed by atoms with Crippen molar-refractivity contribution in [2.45, 2.75) is 90.8 Å². The van der Waals surface area contributed by atoms with E-state index in [2.05, 4.69) is 70.5 Å². The van der Waals surface area contributed by atoms with Crippen molar-refractivity contribution in [1.82, 2.24) is 9.78 Å². The van der Waals surface area contributed by atoms with Crippen LogP contribution in [0.5, 0.6) is 5.75 Å². The normalized spacial score (nSPS) is 22.7. The van der Waals surface area contributed by atoms with Gasteiger partial charge in [0.2, 0.25) is 0 Å². The first-order chi connectivity index (χ1) is 14.5. The van der Waals surface area contributed by atoms with Crippen LogP contribution in [0.25, 0.3) is 11.3 Å². The van der Waals surface area contributed by atoms with Gasteiger partial charge in [0.25, 0.3) is 0 Å². The molecule has 0 N–H and O–H groups in total. The molecule has 0 saturated carbocycles. The van der Waals surface area contributed by atoms with E-state index in [0.29, 0.717) is 11.3 Å². The van der Waals surface area contributed by atoms with E-state index >= 15 is 0 Å². The van der Waals surface area contributed by atoms with Crippen molar-refractivity contribution in [2.24, 2.45) is 5.41 Å². The first kappa shape index (κ1) is 22.1. The molecule has 31 heavy (non-hydrogen) atoms. The fourth-order valence-corrected chi connectivity index (χ4v) is 5.42. The molecule has 0 bridgehead atoms. The minimum atomic E-state index is -0.158. The molecule has 1 fully saturated rings. The number of hydrogen-bond acceptors (Lipinski definition) is 3. The Balaban J connectivity index is 1.80. The van der Waals surface area contributed by atoms with Crippen molar-refractivity contribution in [3.63, 3.8) is 0 Å². The maximum absolute atomic E-state index is 6.34. The smallest absolute Gasteiger partial charge is 0.144 e. The number of para-hydroxylation sites is 2. The summed E-state index contributed by atoms with van der Waals surface area (Å²) < 4.78 is 14.2. The highest BCUT2D eigenvalue weighted by Gasteiger charge is 2.41. The van der Waals surface area contributed by atoms with Gasteiger partial charge in [-0.1, -0.05) is 32.1 Å². The van der Waals surface area contributed by atoms with Crippen LogP contribution in [-0.4, -0.2) is 28.1 Å². The quantitative estimate of drug-likeness (QED) is 0.536. The summed E-state index contributed by atoms with van der Waals surface area (Å²) in [5, 5.41) is 5.20. The average molecular weight is 423 g/mol. The number of benzene rings is 1. The highest BCUT2D eigenvalue weighted by atomic mass is 16.5. The van der Waals surface area contributed by atoms with Gasteiger partial charge in [0, 0.05) is 5.92 Å². The SMILES string of the molecule is COc1ccccc1-n1nc(C2CC(C)(C)OC(C)(C)C2)cc1C1=CCC(C)(C)CC1. The first-order valence-corrected chi connectivity index (χ1v) is 11.6. The molecule has 1 aromatic heterocycles. The van der Waals surface area contributed by atoms with Gasteiger partial charge in [0.05, 0.1) is 29.7 Å². The maximum Gasteiger partial charge on any atom is 0.144 e. The Morgan fingerprint density at radius 2 is 1.71 bits per heavy atom. The summed E-state index contributed by atoms with van der Waals surface area (Å²) in [6.45, 7) is 13.5. The summed E-state index contributed by atoms with van der Waals surface area (Å²) in [7, 11) is 1.73. The number of methoxy groups -OCH3 is 1. The molecule has 0 amide bonds. The standard InChI is InChI=1S/C27H38N2O2/c1-25(2)14-12-19(13-15-25)23-16-21(20-17-26(3,4)31-27(5,6)18-20)28-29(23)22-10-8-9-11-24(22)30-7/h8-12,16,20H,13-15,17-18H2,1-7H3. The molecule has 1 saturated heterocycles. The highest BCUT2D eigenvalue weighted by Crippen LogP contribution is 2.45. The van der Waals surface area contributed by atoms with Crippen LogP contribution in [0.2, 0.25) is 0 Å². The summed E-state index contributed by atoms with van der Waals surface area (Å²) in [6, 6.07) is 10.5. The average Bonchev–Trinajstić information content (AvgIpc) is 3.11. The molecule has 0 radical (unpaired) electrons. The van der Waals surface area contributed by atoms with Gasteiger partial charge in [0.1, 0.15) is 11.4 Å². The van der Waals surface area contributed by atoms with E-state index in [0.717, 1.165) is 42.8 Å². The molecular weight excluding hydrogens is 384 g/mol. The van der Waals surface area contributed by atoms with E-state index in [-0.39, 0.29) is 11.2 Å². The van der Waals surface area contributed by atoms with Gasteiger partial charge in [-0.2, -0.15) is 5.10 Å². The lowest BCUT2D eigenvalue weighted by molar-refractivity contribution is -0.162. The summed E-state index contributed by atoms with van der Waals surface area (Å²) in [5.74, 6) is 1.22. The molecule has 4 nitrogen and oxygen atoms in total. The second-order valence-corrected chi connectivity index (χ2v) is 11.4. The highest BCUT2D eigenvalue weighted by molar-refractivity contribution is 5.67. The molecule has 0 atom stereocenters. The number of aromatic nitrogens is 2. The van der Waals surface area contributed by atoms with Crippen LogP contribution in [0.4, 0.5) is 0 Å². The van der Waals surface area contributed by atoms with Gasteiger partial charge in [-0.3, -0.25) is 0 Å². The summed E-state index contributed by atoms with van der Waals surface area (Å²) in [4.78, 5) is 0. The summed E-state index contributed by atoms with van der Waals surface area (Å²) >= 11 is 0. The van der Waals surface area contributed by atoms with Crippen LogP contribution < -0.4 is 4.74 Å². The zero-order valence-corrected chi connectivity index (χ0v) is 20.3. The molecule has 2 aliphatic rings. The Kier molecular flexibility index (Phi) is 5.58. The van der Waals surface area contributed by atoms with Crippen molar-refractivity contribution in [2.75, 3.05) is 7.11 Å². The minimum absolute atomic E-state index is 0.158. The van der Waals surface area contributed by atoms with Gasteiger partial charge in [-0.15, -0.1) is 0 Å². The lowest BCUT2D eigenvalue weighted by Crippen LogP contribution is -2.44. The van der Waals surface area contributed by atoms with E-state index < -0.39 is 0 Å². The molecule has 4 rings (SSSR count). The number of nitrogens with zero attached hydrogens (tertiary/aromatic N) is 2. The largest absolute Gasteiger partial charge is 0.494 e. The van der Waals surface area contributed by atoms with Crippen molar-refractivity contribution >= 4 is 5.57 Å². The maximum atomic E-state index is 6.34. The molecular formula is C27H38N2O2. The fraction of sp³-hybridized carbons (Fsp3) is 0.593. The third-order valence-electron chi connectivity index (χ3n) is 6.79. The molecule has 2 heterocycles. The Labute approximate surface area is 187 Å². The summed E-state index contributed by atoms with van der Waals surface area (Å²) in [5.41, 5.74) is 4.82. The molecule has 1 aliphatic carbocycles. The van der Waals surface area contributed by atoms with E-state index in [1.54, 1.807) is 7.11 Å². The lowest BCUT2D eigenvalue weighted by atomic mass is 9.77. The topological polar surface area (TPSA) is 36.3 Å². The lowest BCUT2D eigenvalue weighted by Gasteiger charge is -2.45. The van der Waals surface area contributed by atoms with Crippen molar-refractivity contribution < 1.29 is 9.47 Å². The van der Waals surface area contributed by atoms with E-state index in [1.807, 2.05) is 12.1 Å². The zero-order chi connectivity index (χ0) is 22.4. The van der Waals surface area contributed by atoms with Gasteiger partial charge in [0.15, 0.2) is 0 Å². The van der Waals surface area contributed by atoms with Crippen molar-refractivity contribution in [3.8, 4) is 11.4 Å². The minimum Gasteiger partial charge on any atom is -0.494 e. The second kappa shape index (κ2) is 7.81. The Morgan fingerprint density at radius 3 is 2.32 bits per heavy atom. The summed E-state index contributed by atoms with van der Waals surface area (Å²) in [6.07, 6.45) is 7.76. The number of ether oxygens (including phenoxy) is 2. The van der Waals surface area contributed by atoms with Crippen LogP contribution in [0, 0.1) is 5.41 Å². The van der Waals surface area contributed by atoms with E-state index in [4.69, 9.17) is 14.6 Å². The third kappa shape index (κ3) is 4.74. The Hall–Kier alpha value is -2.07. The Morgan fingerprint density at radius 1 is 1.03 bits per heavy atom. The molecule has 2 aromatic rings. The van der Waals surface area contributed by atoms with Crippen LogP contribution in [-0.2, 0) is 4.74 Å². The van der Waals surface area contributed by atoms with Crippen LogP contribution in [0.3, 0.4) is 0 Å². The number of rotatable bonds is 4. The van der Waals surface area contributed by atoms with E-state index in [1.165, 1.54) is 17.7 Å². The molecule has 1 aliphatic heterocycles. The fourth-order valence-electron chi connectivity index (χ4n) is 5.42. The van der Waals surface area contributed by atoms with Crippen LogP contribution in [0.15, 0.2) is 36.4 Å². The monoisotopic (exact) mass is 422 g/mol. The van der Waals surface area contributed by atoms with Gasteiger partial charge >= 0.3 is 0 Å². The van der Waals surface area contributed by atoms with Crippen LogP contribution in [0.1, 0.15) is 91.0 Å². The second-order valence-electron chi connectivity index (χ2n) is 11.4. The molecule has 168 valence electrons. The molecule has 0 unspecified atom stereocenters. The predicted molar refractivity (Wildman–Crippen MR) is 127 cm³/mol. The van der Waals surface area contributed by atoms with E-state index in [9.17, 15) is 0 Å². The molecule has 1 aromatic carbocycles.